The van der Waals surface area contributed by atoms with E-state index in [1.165, 1.54) is 51.4 Å². The number of rotatable bonds is 19. The molecule has 0 saturated carbocycles. The first-order valence-electron chi connectivity index (χ1n) is 12.7. The summed E-state index contributed by atoms with van der Waals surface area (Å²) in [7, 11) is 0. The van der Waals surface area contributed by atoms with Crippen LogP contribution in [0.4, 0.5) is 0 Å². The lowest BCUT2D eigenvalue weighted by molar-refractivity contribution is -0.304. The van der Waals surface area contributed by atoms with Gasteiger partial charge < -0.3 is 29.6 Å². The predicted molar refractivity (Wildman–Crippen MR) is 121 cm³/mol. The standard InChI is InChI=1S/C25H46O7/c1-19(31-25-23(28)18-22(27)20(2)32-25)15-13-11-9-7-5-3-4-6-8-10-12-14-16-21(26)17-24(29)30/h19-20,22-23,25,27-28H,3-18H2,1-2H3,(H,29,30)/p-1/t19-,20+,22-,23-,25-/m1/s1. The Morgan fingerprint density at radius 2 is 1.41 bits per heavy atom. The first-order chi connectivity index (χ1) is 15.3. The molecule has 1 aliphatic heterocycles. The summed E-state index contributed by atoms with van der Waals surface area (Å²) >= 11 is 0. The summed E-state index contributed by atoms with van der Waals surface area (Å²) in [5, 5.41) is 30.0. The molecule has 0 amide bonds. The molecule has 188 valence electrons. The van der Waals surface area contributed by atoms with Gasteiger partial charge in [0.15, 0.2) is 6.29 Å². The fourth-order valence-electron chi connectivity index (χ4n) is 4.13. The summed E-state index contributed by atoms with van der Waals surface area (Å²) in [6, 6.07) is 0. The van der Waals surface area contributed by atoms with Gasteiger partial charge in [-0.2, -0.15) is 0 Å². The highest BCUT2D eigenvalue weighted by molar-refractivity contribution is 5.93. The van der Waals surface area contributed by atoms with Crippen LogP contribution in [0, 0.1) is 0 Å². The van der Waals surface area contributed by atoms with Crippen LogP contribution in [-0.4, -0.2) is 52.7 Å². The van der Waals surface area contributed by atoms with Crippen molar-refractivity contribution < 1.29 is 34.4 Å². The SMILES string of the molecule is C[C@H](CCCCCCCCCCCCCCC(=O)CC(=O)[O-])O[C@@H]1O[C@@H](C)[C@H](O)C[C@H]1O. The van der Waals surface area contributed by atoms with Gasteiger partial charge in [-0.05, 0) is 26.7 Å². The smallest absolute Gasteiger partial charge is 0.184 e. The minimum absolute atomic E-state index is 0.0318. The molecule has 32 heavy (non-hydrogen) atoms. The molecule has 5 atom stereocenters. The Bertz CT molecular complexity index is 511. The maximum Gasteiger partial charge on any atom is 0.184 e. The number of Topliss-reactive ketones (excluding diaryl/α,β-unsaturated/α-hetero) is 1. The molecule has 0 aromatic carbocycles. The summed E-state index contributed by atoms with van der Waals surface area (Å²) in [4.78, 5) is 21.6. The first-order valence-corrected chi connectivity index (χ1v) is 12.7. The molecule has 1 saturated heterocycles. The van der Waals surface area contributed by atoms with Crippen LogP contribution in [0.25, 0.3) is 0 Å². The molecule has 7 nitrogen and oxygen atoms in total. The number of aliphatic carboxylic acids is 1. The quantitative estimate of drug-likeness (QED) is 0.225. The third kappa shape index (κ3) is 14.2. The van der Waals surface area contributed by atoms with Crippen molar-refractivity contribution in [3.63, 3.8) is 0 Å². The van der Waals surface area contributed by atoms with Gasteiger partial charge in [-0.3, -0.25) is 4.79 Å². The maximum atomic E-state index is 11.3. The van der Waals surface area contributed by atoms with Crippen molar-refractivity contribution in [3.05, 3.63) is 0 Å². The zero-order chi connectivity index (χ0) is 23.8. The molecule has 1 fully saturated rings. The maximum absolute atomic E-state index is 11.3. The lowest BCUT2D eigenvalue weighted by Crippen LogP contribution is -2.48. The molecule has 0 aromatic rings. The number of ketones is 1. The topological polar surface area (TPSA) is 116 Å². The van der Waals surface area contributed by atoms with E-state index in [1.54, 1.807) is 6.92 Å². The van der Waals surface area contributed by atoms with Gasteiger partial charge in [-0.1, -0.05) is 70.6 Å². The second-order valence-corrected chi connectivity index (χ2v) is 9.40. The van der Waals surface area contributed by atoms with Crippen LogP contribution >= 0.6 is 0 Å². The van der Waals surface area contributed by atoms with Crippen molar-refractivity contribution in [2.75, 3.05) is 0 Å². The summed E-state index contributed by atoms with van der Waals surface area (Å²) in [5.74, 6) is -1.50. The third-order valence-corrected chi connectivity index (χ3v) is 6.21. The number of hydrogen-bond acceptors (Lipinski definition) is 7. The van der Waals surface area contributed by atoms with E-state index in [1.807, 2.05) is 6.92 Å². The molecule has 0 spiro atoms. The van der Waals surface area contributed by atoms with Crippen molar-refractivity contribution >= 4 is 11.8 Å². The molecule has 0 unspecified atom stereocenters. The normalized spacial score (nSPS) is 24.4. The van der Waals surface area contributed by atoms with Gasteiger partial charge in [-0.15, -0.1) is 0 Å². The Hall–Kier alpha value is -1.02. The zero-order valence-corrected chi connectivity index (χ0v) is 20.1. The molecule has 2 N–H and O–H groups in total. The molecule has 0 aromatic heterocycles. The summed E-state index contributed by atoms with van der Waals surface area (Å²) < 4.78 is 11.4. The summed E-state index contributed by atoms with van der Waals surface area (Å²) in [6.45, 7) is 3.81. The number of carbonyl (C=O) groups excluding carboxylic acids is 2. The second-order valence-electron chi connectivity index (χ2n) is 9.40. The monoisotopic (exact) mass is 457 g/mol. The van der Waals surface area contributed by atoms with E-state index in [-0.39, 0.29) is 18.0 Å². The number of aliphatic hydroxyl groups excluding tert-OH is 2. The van der Waals surface area contributed by atoms with E-state index in [2.05, 4.69) is 0 Å². The van der Waals surface area contributed by atoms with Crippen molar-refractivity contribution in [2.45, 2.75) is 147 Å². The fourth-order valence-corrected chi connectivity index (χ4v) is 4.13. The number of carbonyl (C=O) groups is 2. The molecule has 1 rings (SSSR count). The van der Waals surface area contributed by atoms with Gasteiger partial charge in [-0.25, -0.2) is 0 Å². The van der Waals surface area contributed by atoms with Gasteiger partial charge in [0.05, 0.1) is 18.3 Å². The zero-order valence-electron chi connectivity index (χ0n) is 20.1. The van der Waals surface area contributed by atoms with Crippen molar-refractivity contribution in [2.24, 2.45) is 0 Å². The molecular formula is C25H45O7-. The van der Waals surface area contributed by atoms with E-state index in [9.17, 15) is 24.9 Å². The lowest BCUT2D eigenvalue weighted by Gasteiger charge is -2.36. The average Bonchev–Trinajstić information content (AvgIpc) is 2.71. The van der Waals surface area contributed by atoms with E-state index in [4.69, 9.17) is 9.47 Å². The second kappa shape index (κ2) is 17.5. The molecule has 1 aliphatic rings. The molecule has 1 heterocycles. The minimum Gasteiger partial charge on any atom is -0.550 e. The fraction of sp³-hybridized carbons (Fsp3) is 0.920. The van der Waals surface area contributed by atoms with E-state index in [0.29, 0.717) is 12.8 Å². The number of carboxylic acid groups (broad SMARTS) is 1. The summed E-state index contributed by atoms with van der Waals surface area (Å²) in [5.41, 5.74) is 0. The van der Waals surface area contributed by atoms with E-state index >= 15 is 0 Å². The Labute approximate surface area is 193 Å². The highest BCUT2D eigenvalue weighted by Gasteiger charge is 2.35. The summed E-state index contributed by atoms with van der Waals surface area (Å²) in [6.07, 6.45) is 12.7. The Morgan fingerprint density at radius 1 is 0.906 bits per heavy atom. The van der Waals surface area contributed by atoms with Crippen LogP contribution in [-0.2, 0) is 19.1 Å². The number of aliphatic hydroxyl groups is 2. The number of unbranched alkanes of at least 4 members (excludes halogenated alkanes) is 11. The minimum atomic E-state index is -1.28. The van der Waals surface area contributed by atoms with Gasteiger partial charge in [0.2, 0.25) is 0 Å². The Balaban J connectivity index is 1.85. The Morgan fingerprint density at radius 3 is 1.94 bits per heavy atom. The van der Waals surface area contributed by atoms with E-state index in [0.717, 1.165) is 32.1 Å². The van der Waals surface area contributed by atoms with Crippen LogP contribution in [0.5, 0.6) is 0 Å². The molecule has 0 radical (unpaired) electrons. The Kier molecular flexibility index (Phi) is 15.8. The predicted octanol–water partition coefficient (Wildman–Crippen LogP) is 3.42. The van der Waals surface area contributed by atoms with Crippen LogP contribution < -0.4 is 5.11 Å². The van der Waals surface area contributed by atoms with Gasteiger partial charge in [0.1, 0.15) is 11.9 Å². The molecule has 7 heteroatoms. The van der Waals surface area contributed by atoms with Crippen LogP contribution in [0.15, 0.2) is 0 Å². The first kappa shape index (κ1) is 29.0. The molecule has 0 bridgehead atoms. The van der Waals surface area contributed by atoms with Gasteiger partial charge in [0.25, 0.3) is 0 Å². The molecule has 0 aliphatic carbocycles. The largest absolute Gasteiger partial charge is 0.550 e. The average molecular weight is 458 g/mol. The highest BCUT2D eigenvalue weighted by Crippen LogP contribution is 2.23. The highest BCUT2D eigenvalue weighted by atomic mass is 16.7. The van der Waals surface area contributed by atoms with Crippen molar-refractivity contribution in [3.8, 4) is 0 Å². The number of ether oxygens (including phenoxy) is 2. The van der Waals surface area contributed by atoms with Gasteiger partial charge in [0, 0.05) is 25.2 Å². The van der Waals surface area contributed by atoms with E-state index < -0.39 is 30.9 Å². The van der Waals surface area contributed by atoms with Crippen molar-refractivity contribution in [1.29, 1.82) is 0 Å². The number of hydrogen-bond donors (Lipinski definition) is 2. The number of carboxylic acids is 1. The van der Waals surface area contributed by atoms with Crippen LogP contribution in [0.2, 0.25) is 0 Å². The van der Waals surface area contributed by atoms with Crippen LogP contribution in [0.1, 0.15) is 117 Å². The molecular weight excluding hydrogens is 412 g/mol. The van der Waals surface area contributed by atoms with Gasteiger partial charge >= 0.3 is 0 Å². The lowest BCUT2D eigenvalue weighted by atomic mass is 10.0. The van der Waals surface area contributed by atoms with Crippen molar-refractivity contribution in [1.82, 2.24) is 0 Å². The third-order valence-electron chi connectivity index (χ3n) is 6.21. The van der Waals surface area contributed by atoms with Crippen LogP contribution in [0.3, 0.4) is 0 Å².